The SMILES string of the molecule is Nc1cncc(Sc2ncnc3ccccc23)n1. The summed E-state index contributed by atoms with van der Waals surface area (Å²) in [6.07, 6.45) is 4.73. The summed E-state index contributed by atoms with van der Waals surface area (Å²) in [6.45, 7) is 0. The number of fused-ring (bicyclic) bond motifs is 1. The third kappa shape index (κ3) is 2.10. The van der Waals surface area contributed by atoms with Crippen molar-refractivity contribution in [1.29, 1.82) is 0 Å². The predicted molar refractivity (Wildman–Crippen MR) is 70.1 cm³/mol. The van der Waals surface area contributed by atoms with Gasteiger partial charge in [0.15, 0.2) is 0 Å². The Kier molecular flexibility index (Phi) is 2.77. The van der Waals surface area contributed by atoms with Crippen LogP contribution < -0.4 is 5.73 Å². The van der Waals surface area contributed by atoms with Crippen molar-refractivity contribution < 1.29 is 0 Å². The molecular weight excluding hydrogens is 246 g/mol. The Morgan fingerprint density at radius 1 is 1.06 bits per heavy atom. The molecule has 2 aromatic heterocycles. The summed E-state index contributed by atoms with van der Waals surface area (Å²) in [6, 6.07) is 7.84. The van der Waals surface area contributed by atoms with Crippen LogP contribution in [0.1, 0.15) is 0 Å². The highest BCUT2D eigenvalue weighted by atomic mass is 32.2. The summed E-state index contributed by atoms with van der Waals surface area (Å²) < 4.78 is 0. The molecular formula is C12H9N5S. The largest absolute Gasteiger partial charge is 0.382 e. The fourth-order valence-electron chi connectivity index (χ4n) is 1.57. The molecule has 0 spiro atoms. The smallest absolute Gasteiger partial charge is 0.143 e. The van der Waals surface area contributed by atoms with Gasteiger partial charge in [0.25, 0.3) is 0 Å². The molecule has 0 radical (unpaired) electrons. The molecule has 0 unspecified atom stereocenters. The summed E-state index contributed by atoms with van der Waals surface area (Å²) in [5, 5.41) is 2.56. The maximum absolute atomic E-state index is 5.61. The zero-order chi connectivity index (χ0) is 12.4. The summed E-state index contributed by atoms with van der Waals surface area (Å²) in [5.41, 5.74) is 6.51. The molecule has 2 N–H and O–H groups in total. The molecule has 0 aliphatic carbocycles. The van der Waals surface area contributed by atoms with Gasteiger partial charge in [0.2, 0.25) is 0 Å². The third-order valence-corrected chi connectivity index (χ3v) is 3.26. The van der Waals surface area contributed by atoms with Crippen LogP contribution in [0.5, 0.6) is 0 Å². The lowest BCUT2D eigenvalue weighted by Crippen LogP contribution is -1.93. The van der Waals surface area contributed by atoms with Crippen molar-refractivity contribution in [1.82, 2.24) is 19.9 Å². The van der Waals surface area contributed by atoms with Crippen LogP contribution in [0.2, 0.25) is 0 Å². The van der Waals surface area contributed by atoms with Gasteiger partial charge in [-0.3, -0.25) is 4.98 Å². The number of para-hydroxylation sites is 1. The number of hydrogen-bond donors (Lipinski definition) is 1. The molecule has 0 bridgehead atoms. The molecule has 0 fully saturated rings. The first-order valence-corrected chi connectivity index (χ1v) is 6.10. The van der Waals surface area contributed by atoms with Crippen molar-refractivity contribution in [3.8, 4) is 0 Å². The Morgan fingerprint density at radius 2 is 1.94 bits per heavy atom. The van der Waals surface area contributed by atoms with Crippen LogP contribution in [-0.4, -0.2) is 19.9 Å². The van der Waals surface area contributed by atoms with Crippen LogP contribution in [0, 0.1) is 0 Å². The molecule has 2 heterocycles. The third-order valence-electron chi connectivity index (χ3n) is 2.34. The van der Waals surface area contributed by atoms with Gasteiger partial charge in [0.05, 0.1) is 17.9 Å². The van der Waals surface area contributed by atoms with Crippen molar-refractivity contribution in [3.05, 3.63) is 43.0 Å². The summed E-state index contributed by atoms with van der Waals surface area (Å²) in [4.78, 5) is 16.7. The molecule has 0 aliphatic heterocycles. The fourth-order valence-corrected chi connectivity index (χ4v) is 2.42. The number of aromatic nitrogens is 4. The van der Waals surface area contributed by atoms with E-state index < -0.39 is 0 Å². The molecule has 0 atom stereocenters. The van der Waals surface area contributed by atoms with Crippen LogP contribution in [-0.2, 0) is 0 Å². The van der Waals surface area contributed by atoms with Gasteiger partial charge < -0.3 is 5.73 Å². The molecule has 1 aromatic carbocycles. The summed E-state index contributed by atoms with van der Waals surface area (Å²) in [5.74, 6) is 0.401. The molecule has 0 aliphatic rings. The van der Waals surface area contributed by atoms with E-state index in [0.29, 0.717) is 5.82 Å². The number of nitrogens with zero attached hydrogens (tertiary/aromatic N) is 4. The van der Waals surface area contributed by atoms with E-state index in [0.717, 1.165) is 21.0 Å². The molecule has 0 amide bonds. The summed E-state index contributed by atoms with van der Waals surface area (Å²) in [7, 11) is 0. The minimum absolute atomic E-state index is 0.401. The molecule has 3 rings (SSSR count). The van der Waals surface area contributed by atoms with Crippen molar-refractivity contribution in [2.45, 2.75) is 10.1 Å². The van der Waals surface area contributed by atoms with E-state index in [9.17, 15) is 0 Å². The highest BCUT2D eigenvalue weighted by Crippen LogP contribution is 2.29. The van der Waals surface area contributed by atoms with Crippen LogP contribution in [0.3, 0.4) is 0 Å². The molecule has 3 aromatic rings. The number of hydrogen-bond acceptors (Lipinski definition) is 6. The van der Waals surface area contributed by atoms with Gasteiger partial charge in [-0.1, -0.05) is 18.2 Å². The standard InChI is InChI=1S/C12H9N5S/c13-10-5-14-6-11(17-10)18-12-8-3-1-2-4-9(8)15-7-16-12/h1-7H,(H2,13,17). The van der Waals surface area contributed by atoms with E-state index in [2.05, 4.69) is 19.9 Å². The van der Waals surface area contributed by atoms with E-state index in [1.807, 2.05) is 24.3 Å². The van der Waals surface area contributed by atoms with E-state index in [4.69, 9.17) is 5.73 Å². The second kappa shape index (κ2) is 4.58. The van der Waals surface area contributed by atoms with Crippen LogP contribution in [0.25, 0.3) is 10.9 Å². The first-order chi connectivity index (χ1) is 8.83. The van der Waals surface area contributed by atoms with E-state index >= 15 is 0 Å². The van der Waals surface area contributed by atoms with Gasteiger partial charge in [-0.05, 0) is 17.8 Å². The predicted octanol–water partition coefficient (Wildman–Crippen LogP) is 2.15. The average molecular weight is 255 g/mol. The van der Waals surface area contributed by atoms with Crippen LogP contribution in [0.15, 0.2) is 53.0 Å². The average Bonchev–Trinajstić information content (AvgIpc) is 2.39. The number of rotatable bonds is 2. The van der Waals surface area contributed by atoms with Gasteiger partial charge in [-0.25, -0.2) is 15.0 Å². The second-order valence-electron chi connectivity index (χ2n) is 3.58. The zero-order valence-electron chi connectivity index (χ0n) is 9.32. The molecule has 0 saturated heterocycles. The number of nitrogen functional groups attached to an aromatic ring is 1. The lowest BCUT2D eigenvalue weighted by atomic mass is 10.2. The normalized spacial score (nSPS) is 10.7. The topological polar surface area (TPSA) is 77.6 Å². The Hall–Kier alpha value is -2.21. The van der Waals surface area contributed by atoms with Crippen molar-refractivity contribution in [2.75, 3.05) is 5.73 Å². The van der Waals surface area contributed by atoms with Crippen molar-refractivity contribution >= 4 is 28.5 Å². The maximum Gasteiger partial charge on any atom is 0.143 e. The monoisotopic (exact) mass is 255 g/mol. The van der Waals surface area contributed by atoms with Crippen molar-refractivity contribution in [2.24, 2.45) is 0 Å². The lowest BCUT2D eigenvalue weighted by Gasteiger charge is -2.03. The van der Waals surface area contributed by atoms with E-state index in [-0.39, 0.29) is 0 Å². The minimum Gasteiger partial charge on any atom is -0.382 e. The lowest BCUT2D eigenvalue weighted by molar-refractivity contribution is 1.05. The molecule has 18 heavy (non-hydrogen) atoms. The van der Waals surface area contributed by atoms with Crippen molar-refractivity contribution in [3.63, 3.8) is 0 Å². The van der Waals surface area contributed by atoms with E-state index in [1.54, 1.807) is 12.5 Å². The first-order valence-electron chi connectivity index (χ1n) is 5.28. The maximum atomic E-state index is 5.61. The second-order valence-corrected chi connectivity index (χ2v) is 4.59. The Labute approximate surface area is 108 Å². The van der Waals surface area contributed by atoms with Gasteiger partial charge in [0.1, 0.15) is 22.2 Å². The summed E-state index contributed by atoms with van der Waals surface area (Å²) >= 11 is 1.43. The Bertz CT molecular complexity index is 695. The molecule has 5 nitrogen and oxygen atoms in total. The number of benzene rings is 1. The molecule has 6 heteroatoms. The first kappa shape index (κ1) is 10.9. The zero-order valence-corrected chi connectivity index (χ0v) is 10.1. The molecule has 0 saturated carbocycles. The van der Waals surface area contributed by atoms with Gasteiger partial charge >= 0.3 is 0 Å². The minimum atomic E-state index is 0.401. The fraction of sp³-hybridized carbons (Fsp3) is 0. The van der Waals surface area contributed by atoms with Crippen LogP contribution >= 0.6 is 11.8 Å². The van der Waals surface area contributed by atoms with Gasteiger partial charge in [-0.2, -0.15) is 0 Å². The molecule has 88 valence electrons. The Balaban J connectivity index is 2.05. The number of anilines is 1. The highest BCUT2D eigenvalue weighted by molar-refractivity contribution is 7.99. The highest BCUT2D eigenvalue weighted by Gasteiger charge is 2.06. The van der Waals surface area contributed by atoms with Gasteiger partial charge in [0, 0.05) is 5.39 Å². The van der Waals surface area contributed by atoms with E-state index in [1.165, 1.54) is 18.0 Å². The number of nitrogens with two attached hydrogens (primary N) is 1. The van der Waals surface area contributed by atoms with Gasteiger partial charge in [-0.15, -0.1) is 0 Å². The quantitative estimate of drug-likeness (QED) is 0.707. The Morgan fingerprint density at radius 3 is 2.83 bits per heavy atom. The van der Waals surface area contributed by atoms with Crippen LogP contribution in [0.4, 0.5) is 5.82 Å².